The minimum atomic E-state index is -0.0786. The molecule has 0 bridgehead atoms. The highest BCUT2D eigenvalue weighted by Crippen LogP contribution is 2.46. The van der Waals surface area contributed by atoms with Gasteiger partial charge >= 0.3 is 0 Å². The number of thioether (sulfide) groups is 1. The number of benzene rings is 2. The van der Waals surface area contributed by atoms with Crippen LogP contribution >= 0.6 is 11.8 Å². The summed E-state index contributed by atoms with van der Waals surface area (Å²) in [6.45, 7) is 1.12. The van der Waals surface area contributed by atoms with Gasteiger partial charge in [-0.3, -0.25) is 4.79 Å². The van der Waals surface area contributed by atoms with Gasteiger partial charge in [-0.15, -0.1) is 0 Å². The summed E-state index contributed by atoms with van der Waals surface area (Å²) in [4.78, 5) is 17.4. The number of fused-ring (bicyclic) bond motifs is 1. The number of Topliss-reactive ketones (excluding diaryl/α,β-unsaturated/α-hetero) is 1. The summed E-state index contributed by atoms with van der Waals surface area (Å²) in [6, 6.07) is 18.7. The number of nitrogens with one attached hydrogen (secondary N) is 1. The molecule has 0 amide bonds. The maximum absolute atomic E-state index is 13.1. The molecule has 0 spiro atoms. The molecule has 29 heavy (non-hydrogen) atoms. The lowest BCUT2D eigenvalue weighted by molar-refractivity contribution is -0.916. The second-order valence-electron chi connectivity index (χ2n) is 7.48. The van der Waals surface area contributed by atoms with Crippen molar-refractivity contribution in [3.63, 3.8) is 0 Å². The molecule has 2 aromatic rings. The Balaban J connectivity index is 1.52. The summed E-state index contributed by atoms with van der Waals surface area (Å²) in [5.41, 5.74) is 2.48. The molecule has 0 radical (unpaired) electrons. The lowest BCUT2D eigenvalue weighted by Crippen LogP contribution is -3.13. The second kappa shape index (κ2) is 8.32. The highest BCUT2D eigenvalue weighted by atomic mass is 32.2. The van der Waals surface area contributed by atoms with Crippen LogP contribution in [0.25, 0.3) is 0 Å². The number of rotatable bonds is 7. The van der Waals surface area contributed by atoms with E-state index in [0.717, 1.165) is 40.7 Å². The molecule has 1 N–H and O–H groups in total. The SMILES string of the molecule is COc1ccc(C[NH+](CC(=O)/C(C#N)=C2\Sc3ccccc3N2C)C2CC2)cc1. The van der Waals surface area contributed by atoms with Gasteiger partial charge in [-0.1, -0.05) is 23.9 Å². The van der Waals surface area contributed by atoms with Gasteiger partial charge in [0, 0.05) is 30.3 Å². The third-order valence-electron chi connectivity index (χ3n) is 5.47. The van der Waals surface area contributed by atoms with Gasteiger partial charge in [0.15, 0.2) is 0 Å². The Labute approximate surface area is 175 Å². The van der Waals surface area contributed by atoms with Gasteiger partial charge < -0.3 is 14.5 Å². The smallest absolute Gasteiger partial charge is 0.230 e. The highest BCUT2D eigenvalue weighted by Gasteiger charge is 2.36. The number of carbonyl (C=O) groups is 1. The van der Waals surface area contributed by atoms with E-state index in [2.05, 4.69) is 6.07 Å². The normalized spacial score (nSPS) is 18.0. The van der Waals surface area contributed by atoms with Gasteiger partial charge in [-0.2, -0.15) is 5.26 Å². The van der Waals surface area contributed by atoms with Crippen molar-refractivity contribution in [3.05, 3.63) is 64.7 Å². The van der Waals surface area contributed by atoms with Crippen molar-refractivity contribution in [3.8, 4) is 11.8 Å². The van der Waals surface area contributed by atoms with E-state index in [1.807, 2.05) is 60.5 Å². The lowest BCUT2D eigenvalue weighted by atomic mass is 10.1. The topological polar surface area (TPSA) is 57.8 Å². The zero-order chi connectivity index (χ0) is 20.4. The molecule has 1 aliphatic heterocycles. The molecule has 5 nitrogen and oxygen atoms in total. The Morgan fingerprint density at radius 2 is 1.97 bits per heavy atom. The quantitative estimate of drug-likeness (QED) is 0.566. The Bertz CT molecular complexity index is 990. The third kappa shape index (κ3) is 4.16. The number of nitriles is 1. The van der Waals surface area contributed by atoms with E-state index >= 15 is 0 Å². The molecular weight excluding hydrogens is 382 g/mol. The summed E-state index contributed by atoms with van der Waals surface area (Å²) in [6.07, 6.45) is 2.27. The molecule has 6 heteroatoms. The number of ether oxygens (including phenoxy) is 1. The molecule has 1 atom stereocenters. The van der Waals surface area contributed by atoms with Crippen LogP contribution in [0.5, 0.6) is 5.75 Å². The van der Waals surface area contributed by atoms with Gasteiger partial charge in [0.2, 0.25) is 5.78 Å². The van der Waals surface area contributed by atoms with E-state index in [-0.39, 0.29) is 11.4 Å². The zero-order valence-corrected chi connectivity index (χ0v) is 17.5. The summed E-state index contributed by atoms with van der Waals surface area (Å²) in [5, 5.41) is 10.5. The number of quaternary nitrogens is 1. The van der Waals surface area contributed by atoms with Crippen LogP contribution in [-0.2, 0) is 11.3 Å². The van der Waals surface area contributed by atoms with Crippen molar-refractivity contribution < 1.29 is 14.4 Å². The zero-order valence-electron chi connectivity index (χ0n) is 16.6. The van der Waals surface area contributed by atoms with E-state index < -0.39 is 0 Å². The average molecular weight is 407 g/mol. The number of carbonyl (C=O) groups excluding carboxylic acids is 1. The molecular formula is C23H24N3O2S+. The van der Waals surface area contributed by atoms with Crippen LogP contribution in [0.1, 0.15) is 18.4 Å². The molecule has 1 aliphatic carbocycles. The lowest BCUT2D eigenvalue weighted by Gasteiger charge is -2.20. The van der Waals surface area contributed by atoms with Crippen molar-refractivity contribution in [2.45, 2.75) is 30.3 Å². The van der Waals surface area contributed by atoms with E-state index in [9.17, 15) is 10.1 Å². The van der Waals surface area contributed by atoms with Gasteiger partial charge in [-0.05, 0) is 36.4 Å². The molecule has 1 heterocycles. The number of ketones is 1. The van der Waals surface area contributed by atoms with Gasteiger partial charge in [-0.25, -0.2) is 0 Å². The first-order chi connectivity index (χ1) is 14.1. The van der Waals surface area contributed by atoms with Crippen molar-refractivity contribution in [1.29, 1.82) is 5.26 Å². The monoisotopic (exact) mass is 406 g/mol. The van der Waals surface area contributed by atoms with Gasteiger partial charge in [0.1, 0.15) is 35.5 Å². The van der Waals surface area contributed by atoms with Gasteiger partial charge in [0.25, 0.3) is 0 Å². The van der Waals surface area contributed by atoms with E-state index in [1.54, 1.807) is 7.11 Å². The Hall–Kier alpha value is -2.75. The van der Waals surface area contributed by atoms with Crippen molar-refractivity contribution in [1.82, 2.24) is 0 Å². The Morgan fingerprint density at radius 1 is 1.24 bits per heavy atom. The van der Waals surface area contributed by atoms with Crippen molar-refractivity contribution >= 4 is 23.2 Å². The highest BCUT2D eigenvalue weighted by molar-refractivity contribution is 8.03. The molecule has 1 fully saturated rings. The minimum absolute atomic E-state index is 0.0786. The van der Waals surface area contributed by atoms with E-state index in [1.165, 1.54) is 22.2 Å². The molecule has 2 aromatic carbocycles. The average Bonchev–Trinajstić information content (AvgIpc) is 3.54. The fourth-order valence-electron chi connectivity index (χ4n) is 3.69. The molecule has 2 aliphatic rings. The summed E-state index contributed by atoms with van der Waals surface area (Å²) < 4.78 is 5.23. The predicted octanol–water partition coefficient (Wildman–Crippen LogP) is 2.79. The number of anilines is 1. The minimum Gasteiger partial charge on any atom is -0.497 e. The number of nitrogens with zero attached hydrogens (tertiary/aromatic N) is 2. The number of para-hydroxylation sites is 1. The van der Waals surface area contributed by atoms with E-state index in [4.69, 9.17) is 4.74 Å². The Morgan fingerprint density at radius 3 is 2.59 bits per heavy atom. The first-order valence-electron chi connectivity index (χ1n) is 9.76. The standard InChI is InChI=1S/C23H23N3O2S/c1-25-20-5-3-4-6-22(20)29-23(25)19(13-24)21(27)15-26(17-9-10-17)14-16-7-11-18(28-2)12-8-16/h3-8,11-12,17H,9-10,14-15H2,1-2H3/p+1/b23-19-. The first kappa shape index (κ1) is 19.6. The van der Waals surface area contributed by atoms with Crippen LogP contribution in [0.4, 0.5) is 5.69 Å². The molecule has 1 unspecified atom stereocenters. The van der Waals surface area contributed by atoms with Crippen LogP contribution < -0.4 is 14.5 Å². The van der Waals surface area contributed by atoms with Gasteiger partial charge in [0.05, 0.1) is 18.8 Å². The van der Waals surface area contributed by atoms with E-state index in [0.29, 0.717) is 12.6 Å². The van der Waals surface area contributed by atoms with Crippen LogP contribution in [0.15, 0.2) is 64.0 Å². The maximum Gasteiger partial charge on any atom is 0.230 e. The molecule has 148 valence electrons. The summed E-state index contributed by atoms with van der Waals surface area (Å²) in [5.74, 6) is 0.750. The fraction of sp³-hybridized carbons (Fsp3) is 0.304. The molecule has 0 aromatic heterocycles. The number of methoxy groups -OCH3 is 1. The Kier molecular flexibility index (Phi) is 5.61. The van der Waals surface area contributed by atoms with Crippen LogP contribution in [0.3, 0.4) is 0 Å². The largest absolute Gasteiger partial charge is 0.497 e. The third-order valence-corrected chi connectivity index (χ3v) is 6.71. The second-order valence-corrected chi connectivity index (χ2v) is 8.51. The first-order valence-corrected chi connectivity index (χ1v) is 10.6. The summed E-state index contributed by atoms with van der Waals surface area (Å²) in [7, 11) is 3.57. The number of hydrogen-bond donors (Lipinski definition) is 1. The van der Waals surface area contributed by atoms with Crippen LogP contribution in [0.2, 0.25) is 0 Å². The predicted molar refractivity (Wildman–Crippen MR) is 114 cm³/mol. The molecule has 0 saturated heterocycles. The maximum atomic E-state index is 13.1. The summed E-state index contributed by atoms with van der Waals surface area (Å²) >= 11 is 1.50. The fourth-order valence-corrected chi connectivity index (χ4v) is 4.85. The van der Waals surface area contributed by atoms with Crippen molar-refractivity contribution in [2.75, 3.05) is 25.6 Å². The van der Waals surface area contributed by atoms with Crippen LogP contribution in [-0.4, -0.2) is 32.5 Å². The number of hydrogen-bond acceptors (Lipinski definition) is 5. The van der Waals surface area contributed by atoms with Crippen LogP contribution in [0, 0.1) is 11.3 Å². The van der Waals surface area contributed by atoms with Crippen molar-refractivity contribution in [2.24, 2.45) is 0 Å². The molecule has 1 saturated carbocycles. The molecule has 4 rings (SSSR count).